The summed E-state index contributed by atoms with van der Waals surface area (Å²) < 4.78 is 31.8. The van der Waals surface area contributed by atoms with Crippen molar-refractivity contribution in [3.63, 3.8) is 0 Å². The number of ether oxygens (including phenoxy) is 2. The van der Waals surface area contributed by atoms with Crippen LogP contribution in [0.2, 0.25) is 0 Å². The summed E-state index contributed by atoms with van der Waals surface area (Å²) in [6.45, 7) is 3.58. The molecule has 0 radical (unpaired) electrons. The quantitative estimate of drug-likeness (QED) is 0.737. The van der Waals surface area contributed by atoms with Gasteiger partial charge in [-0.1, -0.05) is 0 Å². The van der Waals surface area contributed by atoms with Gasteiger partial charge in [-0.15, -0.1) is 0 Å². The molecule has 1 aliphatic rings. The molecule has 0 spiro atoms. The average Bonchev–Trinajstić information content (AvgIpc) is 2.56. The van der Waals surface area contributed by atoms with Crippen LogP contribution in [0, 0.1) is 0 Å². The second-order valence-corrected chi connectivity index (χ2v) is 6.02. The lowest BCUT2D eigenvalue weighted by molar-refractivity contribution is -0.146. The molecule has 0 aromatic carbocycles. The molecule has 0 bridgehead atoms. The van der Waals surface area contributed by atoms with Gasteiger partial charge in [-0.2, -0.15) is 0 Å². The summed E-state index contributed by atoms with van der Waals surface area (Å²) >= 11 is 0. The Morgan fingerprint density at radius 2 is 2.00 bits per heavy atom. The summed E-state index contributed by atoms with van der Waals surface area (Å²) in [5.41, 5.74) is 0. The molecule has 1 saturated heterocycles. The summed E-state index contributed by atoms with van der Waals surface area (Å²) in [6, 6.07) is 0. The van der Waals surface area contributed by atoms with Gasteiger partial charge in [-0.05, 0) is 13.8 Å². The number of aliphatic hydroxyl groups is 1. The summed E-state index contributed by atoms with van der Waals surface area (Å²) in [5.74, 6) is -2.12. The Labute approximate surface area is 89.0 Å². The van der Waals surface area contributed by atoms with Crippen LogP contribution in [0.25, 0.3) is 0 Å². The fourth-order valence-corrected chi connectivity index (χ4v) is 2.49. The Hall–Kier alpha value is 0.0300. The molecule has 2 atom stereocenters. The Balaban J connectivity index is 2.70. The lowest BCUT2D eigenvalue weighted by atomic mass is 10.4. The summed E-state index contributed by atoms with van der Waals surface area (Å²) in [7, 11) is -1.09. The first-order valence-electron chi connectivity index (χ1n) is 4.55. The van der Waals surface area contributed by atoms with Gasteiger partial charge in [0.25, 0.3) is 0 Å². The number of hydrogen-bond donors (Lipinski definition) is 1. The van der Waals surface area contributed by atoms with Crippen LogP contribution < -0.4 is 0 Å². The third-order valence-corrected chi connectivity index (χ3v) is 4.19. The van der Waals surface area contributed by atoms with Crippen LogP contribution in [-0.4, -0.2) is 43.7 Å². The Bertz CT molecular complexity index is 258. The van der Waals surface area contributed by atoms with E-state index in [1.54, 1.807) is 13.8 Å². The molecule has 7 heteroatoms. The average molecular weight is 240 g/mol. The zero-order valence-corrected chi connectivity index (χ0v) is 10.2. The van der Waals surface area contributed by atoms with Crippen molar-refractivity contribution in [3.05, 3.63) is 0 Å². The van der Waals surface area contributed by atoms with Gasteiger partial charge in [-0.25, -0.2) is 0 Å². The van der Waals surface area contributed by atoms with Crippen molar-refractivity contribution in [1.82, 2.24) is 0 Å². The normalized spacial score (nSPS) is 27.9. The Morgan fingerprint density at radius 1 is 1.47 bits per heavy atom. The molecule has 1 fully saturated rings. The molecule has 1 unspecified atom stereocenters. The zero-order valence-electron chi connectivity index (χ0n) is 9.30. The number of hydrogen-bond acceptors (Lipinski definition) is 6. The van der Waals surface area contributed by atoms with Gasteiger partial charge in [0, 0.05) is 14.2 Å². The minimum absolute atomic E-state index is 0.158. The highest BCUT2D eigenvalue weighted by molar-refractivity contribution is 7.54. The molecular weight excluding hydrogens is 223 g/mol. The van der Waals surface area contributed by atoms with Crippen LogP contribution in [0.1, 0.15) is 13.8 Å². The molecule has 0 saturated carbocycles. The topological polar surface area (TPSA) is 74.2 Å². The fraction of sp³-hybridized carbons (Fsp3) is 1.00. The summed E-state index contributed by atoms with van der Waals surface area (Å²) in [4.78, 5) is 0. The first-order chi connectivity index (χ1) is 6.84. The van der Waals surface area contributed by atoms with E-state index in [4.69, 9.17) is 9.47 Å². The summed E-state index contributed by atoms with van der Waals surface area (Å²) in [5, 5.41) is 9.78. The molecule has 1 heterocycles. The van der Waals surface area contributed by atoms with Gasteiger partial charge in [0.1, 0.15) is 6.10 Å². The van der Waals surface area contributed by atoms with E-state index in [0.29, 0.717) is 0 Å². The maximum absolute atomic E-state index is 11.8. The third-order valence-electron chi connectivity index (χ3n) is 2.20. The van der Waals surface area contributed by atoms with Crippen LogP contribution in [0.15, 0.2) is 0 Å². The molecule has 0 aromatic heterocycles. The molecule has 1 N–H and O–H groups in total. The van der Waals surface area contributed by atoms with E-state index in [0.717, 1.165) is 0 Å². The van der Waals surface area contributed by atoms with Crippen LogP contribution in [0.4, 0.5) is 0 Å². The highest BCUT2D eigenvalue weighted by Crippen LogP contribution is 2.53. The molecule has 1 aliphatic heterocycles. The second-order valence-electron chi connectivity index (χ2n) is 3.69. The van der Waals surface area contributed by atoms with Crippen LogP contribution in [-0.2, 0) is 23.1 Å². The molecule has 0 aromatic rings. The van der Waals surface area contributed by atoms with Crippen molar-refractivity contribution in [2.75, 3.05) is 20.8 Å². The van der Waals surface area contributed by atoms with Gasteiger partial charge in [0.05, 0.1) is 6.61 Å². The largest absolute Gasteiger partial charge is 0.378 e. The molecular formula is C8H17O6P. The summed E-state index contributed by atoms with van der Waals surface area (Å²) in [6.07, 6.45) is -0.703. The van der Waals surface area contributed by atoms with Gasteiger partial charge in [0.15, 0.2) is 11.6 Å². The maximum Gasteiger partial charge on any atom is 0.361 e. The fourth-order valence-electron chi connectivity index (χ4n) is 1.36. The van der Waals surface area contributed by atoms with Gasteiger partial charge >= 0.3 is 7.60 Å². The molecule has 0 aliphatic carbocycles. The number of aliphatic hydroxyl groups excluding tert-OH is 1. The van der Waals surface area contributed by atoms with E-state index < -0.39 is 25.3 Å². The van der Waals surface area contributed by atoms with E-state index in [1.165, 1.54) is 14.2 Å². The standard InChI is InChI=1S/C8H17O6P/c1-8(2)13-5-6(14-8)7(9)15(10,11-3)12-4/h6-7,9H,5H2,1-4H3/t6?,7-/m1/s1. The minimum atomic E-state index is -3.53. The van der Waals surface area contributed by atoms with Crippen molar-refractivity contribution in [3.8, 4) is 0 Å². The molecule has 15 heavy (non-hydrogen) atoms. The second kappa shape index (κ2) is 4.49. The Kier molecular flexibility index (Phi) is 3.92. The van der Waals surface area contributed by atoms with Gasteiger partial charge < -0.3 is 23.6 Å². The minimum Gasteiger partial charge on any atom is -0.378 e. The predicted octanol–water partition coefficient (Wildman–Crippen LogP) is 0.942. The van der Waals surface area contributed by atoms with Crippen molar-refractivity contribution < 1.29 is 28.2 Å². The van der Waals surface area contributed by atoms with Gasteiger partial charge in [0.2, 0.25) is 0 Å². The maximum atomic E-state index is 11.8. The molecule has 90 valence electrons. The zero-order chi connectivity index (χ0) is 11.7. The van der Waals surface area contributed by atoms with Crippen LogP contribution >= 0.6 is 7.60 Å². The van der Waals surface area contributed by atoms with Crippen molar-refractivity contribution in [2.45, 2.75) is 31.6 Å². The lowest BCUT2D eigenvalue weighted by Crippen LogP contribution is -2.31. The SMILES string of the molecule is COP(=O)(OC)[C@@H](O)C1COC(C)(C)O1. The third kappa shape index (κ3) is 2.78. The van der Waals surface area contributed by atoms with E-state index in [9.17, 15) is 9.67 Å². The molecule has 0 amide bonds. The number of rotatable bonds is 4. The van der Waals surface area contributed by atoms with E-state index in [1.807, 2.05) is 0 Å². The van der Waals surface area contributed by atoms with E-state index >= 15 is 0 Å². The van der Waals surface area contributed by atoms with E-state index in [2.05, 4.69) is 9.05 Å². The first kappa shape index (κ1) is 13.1. The molecule has 6 nitrogen and oxygen atoms in total. The lowest BCUT2D eigenvalue weighted by Gasteiger charge is -2.24. The van der Waals surface area contributed by atoms with Crippen LogP contribution in [0.5, 0.6) is 0 Å². The molecule has 1 rings (SSSR count). The van der Waals surface area contributed by atoms with Gasteiger partial charge in [-0.3, -0.25) is 4.57 Å². The highest BCUT2D eigenvalue weighted by atomic mass is 31.2. The van der Waals surface area contributed by atoms with Crippen molar-refractivity contribution in [1.29, 1.82) is 0 Å². The highest BCUT2D eigenvalue weighted by Gasteiger charge is 2.45. The van der Waals surface area contributed by atoms with Crippen molar-refractivity contribution >= 4 is 7.60 Å². The van der Waals surface area contributed by atoms with Crippen LogP contribution in [0.3, 0.4) is 0 Å². The monoisotopic (exact) mass is 240 g/mol. The van der Waals surface area contributed by atoms with Crippen molar-refractivity contribution in [2.24, 2.45) is 0 Å². The Morgan fingerprint density at radius 3 is 2.33 bits per heavy atom. The first-order valence-corrected chi connectivity index (χ1v) is 6.17. The predicted molar refractivity (Wildman–Crippen MR) is 52.5 cm³/mol. The smallest absolute Gasteiger partial charge is 0.361 e. The van der Waals surface area contributed by atoms with E-state index in [-0.39, 0.29) is 6.61 Å².